The van der Waals surface area contributed by atoms with Crippen molar-refractivity contribution in [3.63, 3.8) is 0 Å². The van der Waals surface area contributed by atoms with E-state index in [1.807, 2.05) is 25.1 Å². The summed E-state index contributed by atoms with van der Waals surface area (Å²) in [7, 11) is 1.34. The number of likely N-dealkylation sites (tertiary alicyclic amines) is 2. The molecule has 7 rings (SSSR count). The number of aryl methyl sites for hydroxylation is 1. The number of methoxy groups -OCH3 is 1. The standard InChI is InChI=1S/C37H40F3N7O4/c1-5-23-17-25-31(32(51-21-37(38,39)40)30(23)29-22(3)7-8-27-26(29)18-41-44-27)42-33(24-9-13-46(14-10-24)35(49)50-4)43-34(25)45-15-11-36(12-16-45)19-47(20-36)28(48)6-2/h5-8,17-18,24H,1-2,9-16,19-21H2,3-4H3,(H,41,44). The number of aromatic amines is 1. The second kappa shape index (κ2) is 13.2. The van der Waals surface area contributed by atoms with Crippen LogP contribution >= 0.6 is 0 Å². The maximum absolute atomic E-state index is 14.0. The molecule has 0 aliphatic carbocycles. The maximum atomic E-state index is 14.0. The van der Waals surface area contributed by atoms with Gasteiger partial charge >= 0.3 is 12.3 Å². The number of hydrogen-bond donors (Lipinski definition) is 1. The molecule has 11 nitrogen and oxygen atoms in total. The number of piperidine rings is 2. The Bertz CT molecular complexity index is 2020. The number of aromatic nitrogens is 4. The van der Waals surface area contributed by atoms with E-state index < -0.39 is 18.9 Å². The highest BCUT2D eigenvalue weighted by Gasteiger charge is 2.46. The number of H-pyrrole nitrogens is 1. The number of anilines is 1. The lowest BCUT2D eigenvalue weighted by molar-refractivity contribution is -0.153. The zero-order valence-corrected chi connectivity index (χ0v) is 28.7. The average molecular weight is 704 g/mol. The number of ether oxygens (including phenoxy) is 2. The predicted molar refractivity (Wildman–Crippen MR) is 188 cm³/mol. The van der Waals surface area contributed by atoms with Crippen molar-refractivity contribution in [1.29, 1.82) is 0 Å². The van der Waals surface area contributed by atoms with E-state index in [9.17, 15) is 22.8 Å². The summed E-state index contributed by atoms with van der Waals surface area (Å²) >= 11 is 0. The third-order valence-electron chi connectivity index (χ3n) is 10.6. The van der Waals surface area contributed by atoms with Gasteiger partial charge < -0.3 is 24.2 Å². The smallest absolute Gasteiger partial charge is 0.422 e. The van der Waals surface area contributed by atoms with Crippen molar-refractivity contribution in [1.82, 2.24) is 30.0 Å². The van der Waals surface area contributed by atoms with Crippen LogP contribution in [-0.4, -0.2) is 101 Å². The van der Waals surface area contributed by atoms with Crippen molar-refractivity contribution < 1.29 is 32.2 Å². The molecule has 3 aliphatic heterocycles. The van der Waals surface area contributed by atoms with Crippen LogP contribution < -0.4 is 9.64 Å². The van der Waals surface area contributed by atoms with Gasteiger partial charge in [0.05, 0.1) is 18.8 Å². The second-order valence-electron chi connectivity index (χ2n) is 13.8. The summed E-state index contributed by atoms with van der Waals surface area (Å²) in [5.74, 6) is 0.865. The highest BCUT2D eigenvalue weighted by atomic mass is 19.4. The number of alkyl halides is 3. The van der Waals surface area contributed by atoms with Gasteiger partial charge in [-0.3, -0.25) is 9.89 Å². The highest BCUT2D eigenvalue weighted by Crippen LogP contribution is 2.48. The number of amides is 2. The van der Waals surface area contributed by atoms with Crippen molar-refractivity contribution in [2.45, 2.75) is 44.7 Å². The van der Waals surface area contributed by atoms with Crippen molar-refractivity contribution in [3.8, 4) is 16.9 Å². The lowest BCUT2D eigenvalue weighted by Gasteiger charge is -2.54. The van der Waals surface area contributed by atoms with E-state index in [2.05, 4.69) is 28.3 Å². The van der Waals surface area contributed by atoms with Gasteiger partial charge in [-0.1, -0.05) is 25.3 Å². The number of carbonyl (C=O) groups excluding carboxylic acids is 2. The fourth-order valence-electron chi connectivity index (χ4n) is 7.86. The Kier molecular flexibility index (Phi) is 8.88. The molecule has 2 aromatic carbocycles. The molecular weight excluding hydrogens is 663 g/mol. The molecule has 2 amide bonds. The van der Waals surface area contributed by atoms with Gasteiger partial charge in [-0.2, -0.15) is 18.3 Å². The van der Waals surface area contributed by atoms with Gasteiger partial charge in [-0.25, -0.2) is 14.8 Å². The Morgan fingerprint density at radius 1 is 1.04 bits per heavy atom. The minimum absolute atomic E-state index is 0.000487. The van der Waals surface area contributed by atoms with E-state index in [1.54, 1.807) is 22.1 Å². The van der Waals surface area contributed by atoms with Crippen LogP contribution in [0.15, 0.2) is 43.6 Å². The van der Waals surface area contributed by atoms with Crippen molar-refractivity contribution in [2.75, 3.05) is 57.9 Å². The van der Waals surface area contributed by atoms with Crippen LogP contribution in [0.25, 0.3) is 39.0 Å². The maximum Gasteiger partial charge on any atom is 0.422 e. The van der Waals surface area contributed by atoms with Crippen LogP contribution in [0.4, 0.5) is 23.8 Å². The normalized spacial score (nSPS) is 17.9. The number of rotatable bonds is 7. The first-order valence-corrected chi connectivity index (χ1v) is 17.1. The molecule has 1 spiro atoms. The largest absolute Gasteiger partial charge is 0.481 e. The van der Waals surface area contributed by atoms with Gasteiger partial charge in [-0.05, 0) is 67.5 Å². The van der Waals surface area contributed by atoms with Crippen LogP contribution in [0.1, 0.15) is 48.6 Å². The van der Waals surface area contributed by atoms with Crippen molar-refractivity contribution in [3.05, 3.63) is 60.6 Å². The molecule has 3 saturated heterocycles. The molecule has 3 fully saturated rings. The zero-order valence-electron chi connectivity index (χ0n) is 28.7. The van der Waals surface area contributed by atoms with E-state index in [1.165, 1.54) is 13.2 Å². The summed E-state index contributed by atoms with van der Waals surface area (Å²) in [4.78, 5) is 40.2. The molecule has 0 unspecified atom stereocenters. The Labute approximate surface area is 293 Å². The van der Waals surface area contributed by atoms with Crippen LogP contribution in [0.5, 0.6) is 5.75 Å². The number of carbonyl (C=O) groups is 2. The Morgan fingerprint density at radius 3 is 2.41 bits per heavy atom. The monoisotopic (exact) mass is 703 g/mol. The molecule has 268 valence electrons. The van der Waals surface area contributed by atoms with E-state index >= 15 is 0 Å². The predicted octanol–water partition coefficient (Wildman–Crippen LogP) is 6.63. The molecule has 51 heavy (non-hydrogen) atoms. The number of nitrogens with one attached hydrogen (secondary N) is 1. The molecule has 14 heteroatoms. The molecule has 2 aromatic heterocycles. The first kappa shape index (κ1) is 34.3. The van der Waals surface area contributed by atoms with Crippen molar-refractivity contribution in [2.24, 2.45) is 5.41 Å². The van der Waals surface area contributed by atoms with E-state index in [0.29, 0.717) is 85.8 Å². The number of hydrogen-bond acceptors (Lipinski definition) is 8. The number of nitrogens with zero attached hydrogens (tertiary/aromatic N) is 6. The van der Waals surface area contributed by atoms with Gasteiger partial charge in [0.1, 0.15) is 17.2 Å². The molecule has 0 atom stereocenters. The van der Waals surface area contributed by atoms with Gasteiger partial charge in [0.25, 0.3) is 0 Å². The number of benzene rings is 2. The molecule has 0 radical (unpaired) electrons. The summed E-state index contributed by atoms with van der Waals surface area (Å²) in [5, 5.41) is 8.46. The molecule has 0 saturated carbocycles. The minimum atomic E-state index is -4.62. The minimum Gasteiger partial charge on any atom is -0.481 e. The summed E-state index contributed by atoms with van der Waals surface area (Å²) in [5.41, 5.74) is 3.52. The highest BCUT2D eigenvalue weighted by molar-refractivity contribution is 6.07. The van der Waals surface area contributed by atoms with Gasteiger partial charge in [0.15, 0.2) is 12.4 Å². The first-order valence-electron chi connectivity index (χ1n) is 17.1. The molecule has 0 bridgehead atoms. The van der Waals surface area contributed by atoms with Crippen LogP contribution in [0, 0.1) is 12.3 Å². The van der Waals surface area contributed by atoms with E-state index in [-0.39, 0.29) is 28.5 Å². The topological polar surface area (TPSA) is 117 Å². The summed E-state index contributed by atoms with van der Waals surface area (Å²) in [6.07, 6.45) is 2.34. The lowest BCUT2D eigenvalue weighted by Crippen LogP contribution is -2.61. The molecule has 4 aromatic rings. The Hall–Kier alpha value is -5.14. The third kappa shape index (κ3) is 6.36. The molecule has 3 aliphatic rings. The quantitative estimate of drug-likeness (QED) is 0.214. The number of halogens is 3. The first-order chi connectivity index (χ1) is 24.4. The van der Waals surface area contributed by atoms with Gasteiger partial charge in [-0.15, -0.1) is 0 Å². The summed E-state index contributed by atoms with van der Waals surface area (Å²) in [6, 6.07) is 5.66. The van der Waals surface area contributed by atoms with Gasteiger partial charge in [0, 0.05) is 66.9 Å². The van der Waals surface area contributed by atoms with Crippen LogP contribution in [0.2, 0.25) is 0 Å². The lowest BCUT2D eigenvalue weighted by atomic mass is 9.72. The van der Waals surface area contributed by atoms with Crippen LogP contribution in [-0.2, 0) is 9.53 Å². The molecular formula is C37H40F3N7O4. The van der Waals surface area contributed by atoms with E-state index in [4.69, 9.17) is 19.4 Å². The number of fused-ring (bicyclic) bond motifs is 2. The van der Waals surface area contributed by atoms with Crippen molar-refractivity contribution >= 4 is 45.7 Å². The fourth-order valence-corrected chi connectivity index (χ4v) is 7.86. The zero-order chi connectivity index (χ0) is 36.1. The third-order valence-corrected chi connectivity index (χ3v) is 10.6. The van der Waals surface area contributed by atoms with Crippen LogP contribution in [0.3, 0.4) is 0 Å². The second-order valence-corrected chi connectivity index (χ2v) is 13.8. The fraction of sp³-hybridized carbons (Fsp3) is 0.432. The van der Waals surface area contributed by atoms with E-state index in [0.717, 1.165) is 29.3 Å². The summed E-state index contributed by atoms with van der Waals surface area (Å²) in [6.45, 7) is 11.5. The molecule has 5 heterocycles. The SMILES string of the molecule is C=CC(=O)N1CC2(CCN(c3nc(C4CCN(C(=O)OC)CC4)nc4c(OCC(F)(F)F)c(-c5c(C)ccc6[nH]ncc56)c(C=C)cc34)CC2)C1. The Morgan fingerprint density at radius 2 is 1.76 bits per heavy atom. The Balaban J connectivity index is 1.39. The van der Waals surface area contributed by atoms with Gasteiger partial charge in [0.2, 0.25) is 5.91 Å². The average Bonchev–Trinajstić information content (AvgIpc) is 3.60. The summed E-state index contributed by atoms with van der Waals surface area (Å²) < 4.78 is 52.6. The molecule has 1 N–H and O–H groups in total.